The largest absolute Gasteiger partial charge is 0.384 e. The number of piperidine rings is 2. The topological polar surface area (TPSA) is 53.1 Å². The zero-order valence-electron chi connectivity index (χ0n) is 13.5. The molecule has 2 aliphatic heterocycles. The normalized spacial score (nSPS) is 27.3. The molecule has 124 valence electrons. The van der Waals surface area contributed by atoms with Gasteiger partial charge in [-0.2, -0.15) is 17.0 Å². The molecule has 2 fully saturated rings. The standard InChI is InChI=1S/C14H29N3O3S/c1-15(2)14-5-4-8-17(11-14)21(18,19)16-9-6-13(7-10-16)12-20-3/h13-14H,4-12H2,1-3H3. The van der Waals surface area contributed by atoms with Crippen LogP contribution in [0.3, 0.4) is 0 Å². The molecule has 0 saturated carbocycles. The van der Waals surface area contributed by atoms with E-state index in [0.717, 1.165) is 32.3 Å². The lowest BCUT2D eigenvalue weighted by Gasteiger charge is -2.39. The molecule has 2 aliphatic rings. The zero-order chi connectivity index (χ0) is 15.5. The summed E-state index contributed by atoms with van der Waals surface area (Å²) < 4.78 is 34.1. The average Bonchev–Trinajstić information content (AvgIpc) is 2.48. The summed E-state index contributed by atoms with van der Waals surface area (Å²) in [5.41, 5.74) is 0. The SMILES string of the molecule is COCC1CCN(S(=O)(=O)N2CCCC(N(C)C)C2)CC1. The summed E-state index contributed by atoms with van der Waals surface area (Å²) in [6, 6.07) is 0.333. The van der Waals surface area contributed by atoms with Crippen molar-refractivity contribution in [2.24, 2.45) is 5.92 Å². The average molecular weight is 319 g/mol. The number of nitrogens with zero attached hydrogens (tertiary/aromatic N) is 3. The Hall–Kier alpha value is -0.210. The summed E-state index contributed by atoms with van der Waals surface area (Å²) in [7, 11) is 2.47. The van der Waals surface area contributed by atoms with E-state index in [4.69, 9.17) is 4.74 Å². The highest BCUT2D eigenvalue weighted by molar-refractivity contribution is 7.86. The van der Waals surface area contributed by atoms with Crippen molar-refractivity contribution < 1.29 is 13.2 Å². The van der Waals surface area contributed by atoms with Gasteiger partial charge < -0.3 is 9.64 Å². The Morgan fingerprint density at radius 2 is 1.76 bits per heavy atom. The lowest BCUT2D eigenvalue weighted by molar-refractivity contribution is 0.117. The van der Waals surface area contributed by atoms with Crippen molar-refractivity contribution in [1.29, 1.82) is 0 Å². The Bertz CT molecular complexity index is 419. The molecule has 0 N–H and O–H groups in total. The Morgan fingerprint density at radius 3 is 2.33 bits per heavy atom. The second-order valence-electron chi connectivity index (χ2n) is 6.42. The van der Waals surface area contributed by atoms with Gasteiger partial charge in [0.05, 0.1) is 0 Å². The van der Waals surface area contributed by atoms with Crippen LogP contribution in [0.1, 0.15) is 25.7 Å². The first kappa shape index (κ1) is 17.1. The van der Waals surface area contributed by atoms with E-state index in [0.29, 0.717) is 38.1 Å². The van der Waals surface area contributed by atoms with E-state index in [2.05, 4.69) is 4.90 Å². The maximum Gasteiger partial charge on any atom is 0.282 e. The van der Waals surface area contributed by atoms with Crippen LogP contribution in [0.25, 0.3) is 0 Å². The lowest BCUT2D eigenvalue weighted by atomic mass is 9.99. The van der Waals surface area contributed by atoms with E-state index in [1.165, 1.54) is 0 Å². The van der Waals surface area contributed by atoms with Gasteiger partial charge in [0.1, 0.15) is 0 Å². The van der Waals surface area contributed by atoms with Gasteiger partial charge in [0.2, 0.25) is 0 Å². The molecule has 2 heterocycles. The van der Waals surface area contributed by atoms with E-state index >= 15 is 0 Å². The van der Waals surface area contributed by atoms with Crippen molar-refractivity contribution in [3.05, 3.63) is 0 Å². The second-order valence-corrected chi connectivity index (χ2v) is 8.35. The van der Waals surface area contributed by atoms with Crippen molar-refractivity contribution in [3.8, 4) is 0 Å². The van der Waals surface area contributed by atoms with Crippen molar-refractivity contribution in [3.63, 3.8) is 0 Å². The molecule has 6 nitrogen and oxygen atoms in total. The minimum Gasteiger partial charge on any atom is -0.384 e. The number of methoxy groups -OCH3 is 1. The minimum atomic E-state index is -3.29. The molecule has 1 atom stereocenters. The van der Waals surface area contributed by atoms with Gasteiger partial charge in [0.15, 0.2) is 0 Å². The fourth-order valence-corrected chi connectivity index (χ4v) is 4.98. The van der Waals surface area contributed by atoms with Gasteiger partial charge >= 0.3 is 0 Å². The van der Waals surface area contributed by atoms with Gasteiger partial charge in [0.25, 0.3) is 10.2 Å². The molecule has 0 bridgehead atoms. The third kappa shape index (κ3) is 4.16. The predicted octanol–water partition coefficient (Wildman–Crippen LogP) is 0.616. The maximum atomic E-state index is 12.8. The molecule has 0 aromatic heterocycles. The predicted molar refractivity (Wildman–Crippen MR) is 83.4 cm³/mol. The zero-order valence-corrected chi connectivity index (χ0v) is 14.3. The summed E-state index contributed by atoms with van der Waals surface area (Å²) in [5, 5.41) is 0. The number of hydrogen-bond acceptors (Lipinski definition) is 4. The van der Waals surface area contributed by atoms with Crippen LogP contribution in [0.2, 0.25) is 0 Å². The number of hydrogen-bond donors (Lipinski definition) is 0. The van der Waals surface area contributed by atoms with Crippen molar-refractivity contribution in [2.75, 3.05) is 54.0 Å². The summed E-state index contributed by atoms with van der Waals surface area (Å²) in [5.74, 6) is 0.498. The van der Waals surface area contributed by atoms with Gasteiger partial charge in [-0.05, 0) is 45.7 Å². The summed E-state index contributed by atoms with van der Waals surface area (Å²) in [6.45, 7) is 3.26. The van der Waals surface area contributed by atoms with Crippen LogP contribution >= 0.6 is 0 Å². The van der Waals surface area contributed by atoms with Crippen molar-refractivity contribution in [2.45, 2.75) is 31.7 Å². The number of rotatable bonds is 5. The molecule has 0 amide bonds. The number of ether oxygens (including phenoxy) is 1. The quantitative estimate of drug-likeness (QED) is 0.745. The summed E-state index contributed by atoms with van der Waals surface area (Å²) >= 11 is 0. The van der Waals surface area contributed by atoms with E-state index in [1.807, 2.05) is 14.1 Å². The first-order valence-corrected chi connectivity index (χ1v) is 9.25. The summed E-state index contributed by atoms with van der Waals surface area (Å²) in [6.07, 6.45) is 3.83. The molecule has 0 radical (unpaired) electrons. The lowest BCUT2D eigenvalue weighted by Crippen LogP contribution is -2.53. The van der Waals surface area contributed by atoms with Crippen LogP contribution < -0.4 is 0 Å². The third-order valence-electron chi connectivity index (χ3n) is 4.72. The molecule has 0 aromatic rings. The molecular formula is C14H29N3O3S. The van der Waals surface area contributed by atoms with Gasteiger partial charge in [0, 0.05) is 45.9 Å². The van der Waals surface area contributed by atoms with Crippen LogP contribution in [-0.4, -0.2) is 82.0 Å². The second kappa shape index (κ2) is 7.37. The van der Waals surface area contributed by atoms with Crippen molar-refractivity contribution in [1.82, 2.24) is 13.5 Å². The molecule has 2 saturated heterocycles. The van der Waals surface area contributed by atoms with Crippen LogP contribution in [0, 0.1) is 5.92 Å². The Kier molecular flexibility index (Phi) is 6.02. The van der Waals surface area contributed by atoms with Crippen molar-refractivity contribution >= 4 is 10.2 Å². The molecule has 0 aliphatic carbocycles. The number of likely N-dealkylation sites (N-methyl/N-ethyl adjacent to an activating group) is 1. The minimum absolute atomic E-state index is 0.333. The Morgan fingerprint density at radius 1 is 1.10 bits per heavy atom. The molecule has 2 rings (SSSR count). The molecule has 7 heteroatoms. The maximum absolute atomic E-state index is 12.8. The van der Waals surface area contributed by atoms with Crippen LogP contribution in [0.15, 0.2) is 0 Å². The molecule has 21 heavy (non-hydrogen) atoms. The summed E-state index contributed by atoms with van der Waals surface area (Å²) in [4.78, 5) is 2.13. The molecule has 0 spiro atoms. The highest BCUT2D eigenvalue weighted by Gasteiger charge is 2.36. The van der Waals surface area contributed by atoms with E-state index < -0.39 is 10.2 Å². The molecule has 0 aromatic carbocycles. The first-order valence-electron chi connectivity index (χ1n) is 7.85. The smallest absolute Gasteiger partial charge is 0.282 e. The first-order chi connectivity index (χ1) is 9.95. The van der Waals surface area contributed by atoms with E-state index in [1.54, 1.807) is 15.7 Å². The van der Waals surface area contributed by atoms with Crippen LogP contribution in [-0.2, 0) is 14.9 Å². The van der Waals surface area contributed by atoms with Crippen LogP contribution in [0.4, 0.5) is 0 Å². The van der Waals surface area contributed by atoms with E-state index in [9.17, 15) is 8.42 Å². The fraction of sp³-hybridized carbons (Fsp3) is 1.00. The van der Waals surface area contributed by atoms with Crippen LogP contribution in [0.5, 0.6) is 0 Å². The Balaban J connectivity index is 1.95. The highest BCUT2D eigenvalue weighted by Crippen LogP contribution is 2.24. The third-order valence-corrected chi connectivity index (χ3v) is 6.72. The van der Waals surface area contributed by atoms with E-state index in [-0.39, 0.29) is 0 Å². The highest BCUT2D eigenvalue weighted by atomic mass is 32.2. The molecular weight excluding hydrogens is 290 g/mol. The van der Waals surface area contributed by atoms with Gasteiger partial charge in [-0.1, -0.05) is 0 Å². The van der Waals surface area contributed by atoms with Gasteiger partial charge in [-0.15, -0.1) is 0 Å². The monoisotopic (exact) mass is 319 g/mol. The Labute approximate surface area is 129 Å². The van der Waals surface area contributed by atoms with Gasteiger partial charge in [-0.25, -0.2) is 0 Å². The molecule has 1 unspecified atom stereocenters. The van der Waals surface area contributed by atoms with Gasteiger partial charge in [-0.3, -0.25) is 0 Å². The fourth-order valence-electron chi connectivity index (χ4n) is 3.26.